The van der Waals surface area contributed by atoms with Gasteiger partial charge in [-0.15, -0.1) is 0 Å². The summed E-state index contributed by atoms with van der Waals surface area (Å²) in [6.45, 7) is 0. The summed E-state index contributed by atoms with van der Waals surface area (Å²) in [5.74, 6) is 0. The summed E-state index contributed by atoms with van der Waals surface area (Å²) in [6, 6.07) is 34.7. The summed E-state index contributed by atoms with van der Waals surface area (Å²) < 4.78 is 6.40. The van der Waals surface area contributed by atoms with Crippen LogP contribution in [0.1, 0.15) is 0 Å². The molecule has 0 aliphatic heterocycles. The van der Waals surface area contributed by atoms with Crippen LogP contribution < -0.4 is 0 Å². The van der Waals surface area contributed by atoms with Crippen molar-refractivity contribution in [3.63, 3.8) is 0 Å². The van der Waals surface area contributed by atoms with E-state index in [0.29, 0.717) is 0 Å². The standard InChI is InChI=1S/C30H17NO/c1-3-7-20-17(5-1)9-12-22-25-16-24-19(15-26(25)31-29(20)22)11-14-27-28(24)23-13-10-18-6-2-4-8-21(18)30(23)32-27/h1-16,31H. The molecule has 0 spiro atoms. The van der Waals surface area contributed by atoms with Crippen molar-refractivity contribution in [1.82, 2.24) is 4.98 Å². The molecular weight excluding hydrogens is 390 g/mol. The third-order valence-corrected chi connectivity index (χ3v) is 6.96. The van der Waals surface area contributed by atoms with Crippen LogP contribution in [0.15, 0.2) is 101 Å². The van der Waals surface area contributed by atoms with Crippen LogP contribution in [0.5, 0.6) is 0 Å². The Hall–Kier alpha value is -4.30. The Kier molecular flexibility index (Phi) is 2.91. The van der Waals surface area contributed by atoms with Gasteiger partial charge in [-0.3, -0.25) is 0 Å². The second kappa shape index (κ2) is 5.68. The molecule has 0 aliphatic rings. The van der Waals surface area contributed by atoms with E-state index in [2.05, 4.69) is 102 Å². The molecule has 0 fully saturated rings. The maximum absolute atomic E-state index is 6.40. The molecule has 0 saturated heterocycles. The first-order valence-electron chi connectivity index (χ1n) is 10.9. The highest BCUT2D eigenvalue weighted by atomic mass is 16.3. The van der Waals surface area contributed by atoms with Crippen molar-refractivity contribution in [3.05, 3.63) is 97.1 Å². The Bertz CT molecular complexity index is 2040. The molecule has 0 bridgehead atoms. The number of hydrogen-bond donors (Lipinski definition) is 1. The third-order valence-electron chi connectivity index (χ3n) is 6.96. The molecule has 6 aromatic carbocycles. The van der Waals surface area contributed by atoms with Gasteiger partial charge in [0.2, 0.25) is 0 Å². The molecule has 1 N–H and O–H groups in total. The zero-order chi connectivity index (χ0) is 20.8. The Morgan fingerprint density at radius 3 is 2.09 bits per heavy atom. The summed E-state index contributed by atoms with van der Waals surface area (Å²) in [5, 5.41) is 12.2. The molecule has 2 heterocycles. The molecule has 2 nitrogen and oxygen atoms in total. The molecule has 0 radical (unpaired) electrons. The first-order chi connectivity index (χ1) is 15.8. The molecule has 0 saturated carbocycles. The van der Waals surface area contributed by atoms with Gasteiger partial charge in [-0.2, -0.15) is 0 Å². The first kappa shape index (κ1) is 16.4. The summed E-state index contributed by atoms with van der Waals surface area (Å²) in [6.07, 6.45) is 0. The Balaban J connectivity index is 1.56. The smallest absolute Gasteiger partial charge is 0.143 e. The average Bonchev–Trinajstić information content (AvgIpc) is 3.41. The fraction of sp³-hybridized carbons (Fsp3) is 0. The molecule has 32 heavy (non-hydrogen) atoms. The highest BCUT2D eigenvalue weighted by Gasteiger charge is 2.15. The van der Waals surface area contributed by atoms with E-state index in [0.717, 1.165) is 16.6 Å². The molecule has 8 rings (SSSR count). The van der Waals surface area contributed by atoms with E-state index in [1.54, 1.807) is 0 Å². The minimum absolute atomic E-state index is 0.938. The molecule has 0 atom stereocenters. The van der Waals surface area contributed by atoms with Crippen molar-refractivity contribution in [3.8, 4) is 0 Å². The fourth-order valence-electron chi connectivity index (χ4n) is 5.47. The second-order valence-corrected chi connectivity index (χ2v) is 8.66. The topological polar surface area (TPSA) is 28.9 Å². The lowest BCUT2D eigenvalue weighted by Crippen LogP contribution is -1.77. The normalized spacial score (nSPS) is 12.4. The largest absolute Gasteiger partial charge is 0.455 e. The van der Waals surface area contributed by atoms with E-state index in [-0.39, 0.29) is 0 Å². The number of furan rings is 1. The third kappa shape index (κ3) is 1.99. The van der Waals surface area contributed by atoms with Crippen molar-refractivity contribution in [2.75, 3.05) is 0 Å². The lowest BCUT2D eigenvalue weighted by Gasteiger charge is -2.02. The predicted octanol–water partition coefficient (Wildman–Crippen LogP) is 8.68. The highest BCUT2D eigenvalue weighted by Crippen LogP contribution is 2.40. The predicted molar refractivity (Wildman–Crippen MR) is 136 cm³/mol. The van der Waals surface area contributed by atoms with Crippen molar-refractivity contribution >= 4 is 76.1 Å². The quantitative estimate of drug-likeness (QED) is 0.268. The first-order valence-corrected chi connectivity index (χ1v) is 10.9. The summed E-state index contributed by atoms with van der Waals surface area (Å²) in [7, 11) is 0. The number of aromatic amines is 1. The van der Waals surface area contributed by atoms with Gasteiger partial charge in [0, 0.05) is 37.8 Å². The lowest BCUT2D eigenvalue weighted by molar-refractivity contribution is 0.673. The monoisotopic (exact) mass is 407 g/mol. The van der Waals surface area contributed by atoms with Crippen molar-refractivity contribution < 1.29 is 4.42 Å². The van der Waals surface area contributed by atoms with Gasteiger partial charge < -0.3 is 9.40 Å². The van der Waals surface area contributed by atoms with Crippen molar-refractivity contribution in [1.29, 1.82) is 0 Å². The van der Waals surface area contributed by atoms with Crippen LogP contribution in [0.3, 0.4) is 0 Å². The molecule has 0 amide bonds. The summed E-state index contributed by atoms with van der Waals surface area (Å²) in [5.41, 5.74) is 4.28. The van der Waals surface area contributed by atoms with E-state index in [1.165, 1.54) is 59.5 Å². The zero-order valence-electron chi connectivity index (χ0n) is 17.1. The average molecular weight is 407 g/mol. The maximum Gasteiger partial charge on any atom is 0.143 e. The molecule has 0 unspecified atom stereocenters. The van der Waals surface area contributed by atoms with Crippen LogP contribution in [0, 0.1) is 0 Å². The minimum Gasteiger partial charge on any atom is -0.455 e. The maximum atomic E-state index is 6.40. The lowest BCUT2D eigenvalue weighted by atomic mass is 9.99. The van der Waals surface area contributed by atoms with Crippen LogP contribution in [0.2, 0.25) is 0 Å². The number of fused-ring (bicyclic) bond motifs is 12. The van der Waals surface area contributed by atoms with Gasteiger partial charge in [-0.25, -0.2) is 0 Å². The second-order valence-electron chi connectivity index (χ2n) is 8.66. The van der Waals surface area contributed by atoms with E-state index in [9.17, 15) is 0 Å². The van der Waals surface area contributed by atoms with Crippen molar-refractivity contribution in [2.24, 2.45) is 0 Å². The van der Waals surface area contributed by atoms with E-state index in [4.69, 9.17) is 4.42 Å². The summed E-state index contributed by atoms with van der Waals surface area (Å²) in [4.78, 5) is 3.69. The van der Waals surface area contributed by atoms with Gasteiger partial charge >= 0.3 is 0 Å². The van der Waals surface area contributed by atoms with E-state index in [1.807, 2.05) is 0 Å². The molecule has 8 aromatic rings. The van der Waals surface area contributed by atoms with Crippen molar-refractivity contribution in [2.45, 2.75) is 0 Å². The number of H-pyrrole nitrogens is 1. The fourth-order valence-corrected chi connectivity index (χ4v) is 5.47. The molecule has 0 aliphatic carbocycles. The van der Waals surface area contributed by atoms with Gasteiger partial charge in [0.25, 0.3) is 0 Å². The van der Waals surface area contributed by atoms with Crippen LogP contribution in [0.25, 0.3) is 76.1 Å². The van der Waals surface area contributed by atoms with Crippen LogP contribution in [0.4, 0.5) is 0 Å². The Labute approximate surface area is 182 Å². The Morgan fingerprint density at radius 2 is 1.22 bits per heavy atom. The highest BCUT2D eigenvalue weighted by molar-refractivity contribution is 6.26. The van der Waals surface area contributed by atoms with Crippen LogP contribution >= 0.6 is 0 Å². The van der Waals surface area contributed by atoms with Gasteiger partial charge in [0.15, 0.2) is 0 Å². The van der Waals surface area contributed by atoms with Gasteiger partial charge in [-0.05, 0) is 45.8 Å². The van der Waals surface area contributed by atoms with E-state index < -0.39 is 0 Å². The Morgan fingerprint density at radius 1 is 0.500 bits per heavy atom. The zero-order valence-corrected chi connectivity index (χ0v) is 17.1. The number of rotatable bonds is 0. The molecule has 148 valence electrons. The number of nitrogens with one attached hydrogen (secondary N) is 1. The number of hydrogen-bond acceptors (Lipinski definition) is 1. The van der Waals surface area contributed by atoms with Crippen LogP contribution in [-0.2, 0) is 0 Å². The van der Waals surface area contributed by atoms with Crippen LogP contribution in [-0.4, -0.2) is 4.98 Å². The van der Waals surface area contributed by atoms with E-state index >= 15 is 0 Å². The van der Waals surface area contributed by atoms with Gasteiger partial charge in [0.1, 0.15) is 11.2 Å². The minimum atomic E-state index is 0.938. The van der Waals surface area contributed by atoms with Gasteiger partial charge in [0.05, 0.1) is 5.52 Å². The number of aromatic nitrogens is 1. The van der Waals surface area contributed by atoms with Gasteiger partial charge in [-0.1, -0.05) is 72.8 Å². The molecular formula is C30H17NO. The summed E-state index contributed by atoms with van der Waals surface area (Å²) >= 11 is 0. The number of benzene rings is 6. The molecule has 2 aromatic heterocycles. The molecule has 2 heteroatoms. The SMILES string of the molecule is c1ccc2c(c1)ccc1c3cc4c(ccc5oc6c7ccccc7ccc6c54)cc3[nH]c21.